The first-order valence-electron chi connectivity index (χ1n) is 5.71. The fraction of sp³-hybridized carbons (Fsp3) is 0.417. The van der Waals surface area contributed by atoms with Gasteiger partial charge in [-0.15, -0.1) is 0 Å². The topological polar surface area (TPSA) is 70.6 Å². The van der Waals surface area contributed by atoms with Crippen LogP contribution in [0.4, 0.5) is 4.39 Å². The van der Waals surface area contributed by atoms with Crippen LogP contribution in [0.3, 0.4) is 0 Å². The number of oxime groups is 1. The van der Waals surface area contributed by atoms with Crippen molar-refractivity contribution in [2.24, 2.45) is 10.9 Å². The number of nitrogens with two attached hydrogens (primary N) is 1. The molecule has 0 radical (unpaired) electrons. The zero-order valence-electron chi connectivity index (χ0n) is 9.49. The van der Waals surface area contributed by atoms with Gasteiger partial charge in [0.25, 0.3) is 0 Å². The quantitative estimate of drug-likeness (QED) is 0.322. The Labute approximate surface area is 99.3 Å². The van der Waals surface area contributed by atoms with E-state index < -0.39 is 5.82 Å². The predicted molar refractivity (Wildman–Crippen MR) is 63.4 cm³/mol. The van der Waals surface area contributed by atoms with Crippen LogP contribution in [0.1, 0.15) is 30.4 Å². The Morgan fingerprint density at radius 2 is 2.29 bits per heavy atom. The lowest BCUT2D eigenvalue weighted by molar-refractivity contribution is 0.318. The van der Waals surface area contributed by atoms with Gasteiger partial charge in [0.1, 0.15) is 5.82 Å². The van der Waals surface area contributed by atoms with Crippen LogP contribution in [-0.2, 0) is 6.54 Å². The predicted octanol–water partition coefficient (Wildman–Crippen LogP) is 1.56. The molecule has 2 rings (SSSR count). The SMILES string of the molecule is N/C(=N/O)c1cccc(CNC2CCC2)c1F. The number of hydrogen-bond donors (Lipinski definition) is 3. The van der Waals surface area contributed by atoms with Gasteiger partial charge in [-0.25, -0.2) is 4.39 Å². The van der Waals surface area contributed by atoms with Gasteiger partial charge in [0.2, 0.25) is 0 Å². The van der Waals surface area contributed by atoms with E-state index in [1.54, 1.807) is 12.1 Å². The van der Waals surface area contributed by atoms with Gasteiger partial charge in [-0.05, 0) is 18.9 Å². The van der Waals surface area contributed by atoms with Crippen LogP contribution in [0.25, 0.3) is 0 Å². The van der Waals surface area contributed by atoms with E-state index >= 15 is 0 Å². The molecular weight excluding hydrogens is 221 g/mol. The summed E-state index contributed by atoms with van der Waals surface area (Å²) in [6.07, 6.45) is 3.55. The highest BCUT2D eigenvalue weighted by molar-refractivity contribution is 5.97. The molecule has 4 nitrogen and oxygen atoms in total. The molecule has 0 unspecified atom stereocenters. The second-order valence-electron chi connectivity index (χ2n) is 4.27. The largest absolute Gasteiger partial charge is 0.409 e. The smallest absolute Gasteiger partial charge is 0.173 e. The molecule has 0 saturated heterocycles. The molecule has 0 spiro atoms. The minimum atomic E-state index is -0.422. The van der Waals surface area contributed by atoms with Gasteiger partial charge in [-0.1, -0.05) is 23.7 Å². The van der Waals surface area contributed by atoms with E-state index in [0.717, 1.165) is 12.8 Å². The second-order valence-corrected chi connectivity index (χ2v) is 4.27. The molecule has 1 aliphatic rings. The van der Waals surface area contributed by atoms with E-state index in [0.29, 0.717) is 18.2 Å². The van der Waals surface area contributed by atoms with Gasteiger partial charge in [-0.2, -0.15) is 0 Å². The van der Waals surface area contributed by atoms with Crippen LogP contribution in [0.15, 0.2) is 23.4 Å². The van der Waals surface area contributed by atoms with Gasteiger partial charge in [0, 0.05) is 18.2 Å². The summed E-state index contributed by atoms with van der Waals surface area (Å²) in [5.74, 6) is -0.623. The third-order valence-electron chi connectivity index (χ3n) is 3.15. The highest BCUT2D eigenvalue weighted by Crippen LogP contribution is 2.19. The second kappa shape index (κ2) is 5.14. The molecule has 1 aliphatic carbocycles. The van der Waals surface area contributed by atoms with Crippen molar-refractivity contribution in [1.82, 2.24) is 5.32 Å². The lowest BCUT2D eigenvalue weighted by Crippen LogP contribution is -2.34. The number of nitrogens with zero attached hydrogens (tertiary/aromatic N) is 1. The number of nitrogens with one attached hydrogen (secondary N) is 1. The van der Waals surface area contributed by atoms with Crippen LogP contribution in [0.5, 0.6) is 0 Å². The molecule has 1 saturated carbocycles. The summed E-state index contributed by atoms with van der Waals surface area (Å²) in [5, 5.41) is 14.6. The molecule has 0 aromatic heterocycles. The zero-order valence-corrected chi connectivity index (χ0v) is 9.49. The van der Waals surface area contributed by atoms with Crippen molar-refractivity contribution in [3.63, 3.8) is 0 Å². The highest BCUT2D eigenvalue weighted by atomic mass is 19.1. The molecule has 0 heterocycles. The number of halogens is 1. The van der Waals surface area contributed by atoms with E-state index in [9.17, 15) is 4.39 Å². The van der Waals surface area contributed by atoms with Crippen molar-refractivity contribution in [3.05, 3.63) is 35.1 Å². The van der Waals surface area contributed by atoms with Crippen molar-refractivity contribution < 1.29 is 9.60 Å². The lowest BCUT2D eigenvalue weighted by atomic mass is 9.93. The first-order chi connectivity index (χ1) is 8.22. The normalized spacial score (nSPS) is 16.9. The van der Waals surface area contributed by atoms with Crippen molar-refractivity contribution in [3.8, 4) is 0 Å². The summed E-state index contributed by atoms with van der Waals surface area (Å²) in [7, 11) is 0. The zero-order chi connectivity index (χ0) is 12.3. The van der Waals surface area contributed by atoms with Crippen molar-refractivity contribution >= 4 is 5.84 Å². The molecule has 92 valence electrons. The molecule has 1 aromatic rings. The number of rotatable bonds is 4. The van der Waals surface area contributed by atoms with Gasteiger partial charge in [0.15, 0.2) is 5.84 Å². The third-order valence-corrected chi connectivity index (χ3v) is 3.15. The third kappa shape index (κ3) is 2.55. The van der Waals surface area contributed by atoms with Crippen molar-refractivity contribution in [2.45, 2.75) is 31.8 Å². The minimum Gasteiger partial charge on any atom is -0.409 e. The summed E-state index contributed by atoms with van der Waals surface area (Å²) >= 11 is 0. The number of benzene rings is 1. The summed E-state index contributed by atoms with van der Waals surface area (Å²) in [6.45, 7) is 0.475. The van der Waals surface area contributed by atoms with Crippen LogP contribution >= 0.6 is 0 Å². The maximum atomic E-state index is 14.0. The number of hydrogen-bond acceptors (Lipinski definition) is 3. The van der Waals surface area contributed by atoms with Crippen LogP contribution in [0.2, 0.25) is 0 Å². The average Bonchev–Trinajstić information content (AvgIpc) is 2.28. The van der Waals surface area contributed by atoms with E-state index in [-0.39, 0.29) is 11.4 Å². The molecule has 17 heavy (non-hydrogen) atoms. The molecule has 0 aliphatic heterocycles. The molecule has 0 atom stereocenters. The average molecular weight is 237 g/mol. The first kappa shape index (κ1) is 11.9. The van der Waals surface area contributed by atoms with E-state index in [2.05, 4.69) is 10.5 Å². The lowest BCUT2D eigenvalue weighted by Gasteiger charge is -2.26. The molecule has 0 amide bonds. The summed E-state index contributed by atoms with van der Waals surface area (Å²) < 4.78 is 14.0. The fourth-order valence-electron chi connectivity index (χ4n) is 1.83. The molecule has 5 heteroatoms. The monoisotopic (exact) mass is 237 g/mol. The van der Waals surface area contributed by atoms with Crippen LogP contribution < -0.4 is 11.1 Å². The van der Waals surface area contributed by atoms with E-state index in [1.165, 1.54) is 12.5 Å². The Morgan fingerprint density at radius 1 is 1.53 bits per heavy atom. The first-order valence-corrected chi connectivity index (χ1v) is 5.71. The molecule has 0 bridgehead atoms. The summed E-state index contributed by atoms with van der Waals surface area (Å²) in [6, 6.07) is 5.41. The molecule has 1 fully saturated rings. The summed E-state index contributed by atoms with van der Waals surface area (Å²) in [5.41, 5.74) is 6.08. The highest BCUT2D eigenvalue weighted by Gasteiger charge is 2.17. The standard InChI is InChI=1S/C12H16FN3O/c13-11-8(7-15-9-4-2-5-9)3-1-6-10(11)12(14)16-17/h1,3,6,9,15,17H,2,4-5,7H2,(H2,14,16). The Hall–Kier alpha value is -1.62. The van der Waals surface area contributed by atoms with Crippen LogP contribution in [-0.4, -0.2) is 17.1 Å². The summed E-state index contributed by atoms with van der Waals surface area (Å²) in [4.78, 5) is 0. The van der Waals surface area contributed by atoms with Gasteiger partial charge in [-0.3, -0.25) is 0 Å². The number of amidine groups is 1. The van der Waals surface area contributed by atoms with E-state index in [4.69, 9.17) is 10.9 Å². The fourth-order valence-corrected chi connectivity index (χ4v) is 1.83. The van der Waals surface area contributed by atoms with Crippen molar-refractivity contribution in [1.29, 1.82) is 0 Å². The Balaban J connectivity index is 2.11. The van der Waals surface area contributed by atoms with Gasteiger partial charge >= 0.3 is 0 Å². The van der Waals surface area contributed by atoms with Crippen molar-refractivity contribution in [2.75, 3.05) is 0 Å². The maximum absolute atomic E-state index is 14.0. The Kier molecular flexibility index (Phi) is 3.58. The molecular formula is C12H16FN3O. The maximum Gasteiger partial charge on any atom is 0.173 e. The van der Waals surface area contributed by atoms with E-state index in [1.807, 2.05) is 0 Å². The Morgan fingerprint density at radius 3 is 2.88 bits per heavy atom. The van der Waals surface area contributed by atoms with Gasteiger partial charge in [0.05, 0.1) is 5.56 Å². The van der Waals surface area contributed by atoms with Gasteiger partial charge < -0.3 is 16.3 Å². The Bertz CT molecular complexity index is 430. The minimum absolute atomic E-state index is 0.139. The molecule has 4 N–H and O–H groups in total. The molecule has 1 aromatic carbocycles. The van der Waals surface area contributed by atoms with Crippen LogP contribution in [0, 0.1) is 5.82 Å².